The largest absolute Gasteiger partial charge is 0.481 e. The minimum atomic E-state index is -0.915. The van der Waals surface area contributed by atoms with Crippen LogP contribution in [-0.2, 0) is 20.7 Å². The molecule has 0 atom stereocenters. The number of aliphatic carboxylic acids is 1. The lowest BCUT2D eigenvalue weighted by Crippen LogP contribution is -2.76. The predicted molar refractivity (Wildman–Crippen MR) is 179 cm³/mol. The van der Waals surface area contributed by atoms with Gasteiger partial charge in [0.1, 0.15) is 28.1 Å². The first kappa shape index (κ1) is 30.7. The zero-order chi connectivity index (χ0) is 34.0. The van der Waals surface area contributed by atoms with Gasteiger partial charge in [-0.25, -0.2) is 19.9 Å². The van der Waals surface area contributed by atoms with Crippen molar-refractivity contribution in [1.29, 1.82) is 10.5 Å². The summed E-state index contributed by atoms with van der Waals surface area (Å²) in [5.41, 5.74) is 12.9. The molecular formula is C35H35N11O3. The van der Waals surface area contributed by atoms with Crippen molar-refractivity contribution in [1.82, 2.24) is 39.0 Å². The van der Waals surface area contributed by atoms with E-state index in [1.165, 1.54) is 5.52 Å². The number of carbonyl (C=O) groups excluding carboxylic acids is 1. The lowest BCUT2D eigenvalue weighted by atomic mass is 9.38. The smallest absolute Gasteiger partial charge is 0.304 e. The van der Waals surface area contributed by atoms with Crippen LogP contribution in [-0.4, -0.2) is 61.4 Å². The Morgan fingerprint density at radius 3 is 1.73 bits per heavy atom. The number of imidazole rings is 2. The number of rotatable bonds is 8. The van der Waals surface area contributed by atoms with E-state index in [0.29, 0.717) is 19.3 Å². The van der Waals surface area contributed by atoms with Crippen LogP contribution >= 0.6 is 0 Å². The van der Waals surface area contributed by atoms with E-state index >= 15 is 0 Å². The van der Waals surface area contributed by atoms with Gasteiger partial charge in [0, 0.05) is 59.9 Å². The molecule has 0 amide bonds. The maximum atomic E-state index is 12.0. The monoisotopic (exact) mass is 657 g/mol. The minimum absolute atomic E-state index is 0.0451. The van der Waals surface area contributed by atoms with E-state index in [2.05, 4.69) is 57.2 Å². The van der Waals surface area contributed by atoms with Crippen molar-refractivity contribution < 1.29 is 14.7 Å². The van der Waals surface area contributed by atoms with Crippen molar-refractivity contribution in [3.63, 3.8) is 0 Å². The first-order valence-electron chi connectivity index (χ1n) is 16.5. The summed E-state index contributed by atoms with van der Waals surface area (Å²) < 4.78 is 4.64. The van der Waals surface area contributed by atoms with Crippen LogP contribution in [0.5, 0.6) is 0 Å². The Balaban J connectivity index is 0.000000123. The molecule has 248 valence electrons. The molecule has 0 unspecified atom stereocenters. The van der Waals surface area contributed by atoms with Crippen LogP contribution in [0.15, 0.2) is 49.6 Å². The molecule has 6 fully saturated rings. The molecule has 49 heavy (non-hydrogen) atoms. The van der Waals surface area contributed by atoms with Crippen LogP contribution in [0.1, 0.15) is 70.6 Å². The Kier molecular flexibility index (Phi) is 6.88. The Hall–Kier alpha value is -5.60. The molecule has 4 bridgehead atoms. The number of aromatic amines is 2. The number of nitrogens with zero attached hydrogens (tertiary/aromatic N) is 8. The normalized spacial score (nSPS) is 26.9. The fourth-order valence-electron chi connectivity index (χ4n) is 9.05. The number of pyridine rings is 2. The highest BCUT2D eigenvalue weighted by Crippen LogP contribution is 2.73. The van der Waals surface area contributed by atoms with Crippen molar-refractivity contribution in [2.24, 2.45) is 11.1 Å². The van der Waals surface area contributed by atoms with Gasteiger partial charge in [0.2, 0.25) is 0 Å². The number of fused-ring (bicyclic) bond motifs is 6. The number of carbonyl (C=O) groups is 2. The Morgan fingerprint density at radius 2 is 1.29 bits per heavy atom. The topological polar surface area (TPSA) is 221 Å². The predicted octanol–water partition coefficient (Wildman–Crippen LogP) is 4.93. The highest BCUT2D eigenvalue weighted by molar-refractivity contribution is 6.02. The SMILES string of the molecule is N#CCCC(=O)CC12CC(n3cnc4cnc5[nH]ccc5c43)(C1)C2.N#CCCC(=O)O.NC12CC(n3cnc4cnc5[nH]ccc5c43)(C1)C2. The molecule has 6 saturated carbocycles. The van der Waals surface area contributed by atoms with E-state index in [1.54, 1.807) is 6.07 Å². The quantitative estimate of drug-likeness (QED) is 0.173. The molecule has 0 saturated heterocycles. The standard InChI is InChI=1S/C18H17N5O.C13H13N5.C4H5NO2/c19-4-1-2-12(24)6-17-8-18(9-17,10-17)23-11-22-14-7-21-16-13(15(14)23)3-5-20-16;14-12-4-13(5-12,6-12)18-7-17-9-3-16-11-8(10(9)18)1-2-15-11;5-3-1-2-4(6)7/h3,5,7,11H,1-2,6,8-10H2,(H,20,21);1-3,7H,4-6,14H2,(H,15,16);1-2H2,(H,6,7). The molecule has 6 aromatic rings. The van der Waals surface area contributed by atoms with Crippen LogP contribution in [0.4, 0.5) is 0 Å². The second kappa shape index (κ2) is 11.0. The first-order valence-corrected chi connectivity index (χ1v) is 16.5. The van der Waals surface area contributed by atoms with E-state index in [-0.39, 0.29) is 40.7 Å². The number of Topliss-reactive ketones (excluding diaryl/α,β-unsaturated/α-hetero) is 1. The molecule has 12 rings (SSSR count). The number of nitriles is 2. The van der Waals surface area contributed by atoms with Crippen LogP contribution in [0, 0.1) is 28.1 Å². The summed E-state index contributed by atoms with van der Waals surface area (Å²) >= 11 is 0. The third-order valence-corrected chi connectivity index (χ3v) is 10.9. The van der Waals surface area contributed by atoms with Crippen molar-refractivity contribution in [2.45, 2.75) is 87.2 Å². The fourth-order valence-corrected chi connectivity index (χ4v) is 9.05. The van der Waals surface area contributed by atoms with Crippen molar-refractivity contribution >= 4 is 55.9 Å². The van der Waals surface area contributed by atoms with Crippen LogP contribution in [0.2, 0.25) is 0 Å². The van der Waals surface area contributed by atoms with Gasteiger partial charge in [0.25, 0.3) is 0 Å². The summed E-state index contributed by atoms with van der Waals surface area (Å²) in [6, 6.07) is 7.90. The molecule has 6 aliphatic carbocycles. The van der Waals surface area contributed by atoms with Gasteiger partial charge in [-0.2, -0.15) is 10.5 Å². The van der Waals surface area contributed by atoms with Gasteiger partial charge in [0.15, 0.2) is 0 Å². The number of hydrogen-bond donors (Lipinski definition) is 4. The second-order valence-electron chi connectivity index (χ2n) is 14.5. The molecule has 0 aromatic carbocycles. The highest BCUT2D eigenvalue weighted by atomic mass is 16.4. The molecule has 14 nitrogen and oxygen atoms in total. The van der Waals surface area contributed by atoms with Crippen molar-refractivity contribution in [3.8, 4) is 12.1 Å². The summed E-state index contributed by atoms with van der Waals surface area (Å²) in [7, 11) is 0. The number of aromatic nitrogens is 8. The average Bonchev–Trinajstić information content (AvgIpc) is 3.83. The molecule has 6 heterocycles. The van der Waals surface area contributed by atoms with Gasteiger partial charge in [-0.1, -0.05) is 0 Å². The highest BCUT2D eigenvalue weighted by Gasteiger charge is 2.69. The molecule has 0 spiro atoms. The Morgan fingerprint density at radius 1 is 0.796 bits per heavy atom. The van der Waals surface area contributed by atoms with Gasteiger partial charge in [0.05, 0.1) is 60.2 Å². The van der Waals surface area contributed by atoms with E-state index < -0.39 is 5.97 Å². The first-order chi connectivity index (χ1) is 23.6. The third kappa shape index (κ3) is 4.85. The molecule has 0 aliphatic heterocycles. The summed E-state index contributed by atoms with van der Waals surface area (Å²) in [6.07, 6.45) is 19.2. The van der Waals surface area contributed by atoms with Crippen molar-refractivity contribution in [2.75, 3.05) is 0 Å². The van der Waals surface area contributed by atoms with E-state index in [0.717, 1.165) is 77.1 Å². The zero-order valence-electron chi connectivity index (χ0n) is 26.8. The number of hydrogen-bond acceptors (Lipinski definition) is 9. The molecule has 6 aliphatic rings. The molecule has 14 heteroatoms. The summed E-state index contributed by atoms with van der Waals surface area (Å²) in [5.74, 6) is -0.681. The number of nitrogens with two attached hydrogens (primary N) is 1. The summed E-state index contributed by atoms with van der Waals surface area (Å²) in [6.45, 7) is 0. The maximum Gasteiger partial charge on any atom is 0.304 e. The fraction of sp³-hybridized carbons (Fsp3) is 0.429. The second-order valence-corrected chi connectivity index (χ2v) is 14.5. The lowest BCUT2D eigenvalue weighted by Gasteiger charge is -2.71. The van der Waals surface area contributed by atoms with Crippen molar-refractivity contribution in [3.05, 3.63) is 49.6 Å². The van der Waals surface area contributed by atoms with E-state index in [1.807, 2.05) is 37.4 Å². The van der Waals surface area contributed by atoms with Crippen LogP contribution in [0.3, 0.4) is 0 Å². The number of carboxylic acids is 1. The van der Waals surface area contributed by atoms with Gasteiger partial charge in [-0.15, -0.1) is 0 Å². The van der Waals surface area contributed by atoms with Crippen LogP contribution < -0.4 is 5.73 Å². The Bertz CT molecular complexity index is 2320. The number of carboxylic acid groups (broad SMARTS) is 1. The van der Waals surface area contributed by atoms with Gasteiger partial charge < -0.3 is 29.9 Å². The maximum absolute atomic E-state index is 12.0. The van der Waals surface area contributed by atoms with E-state index in [4.69, 9.17) is 21.4 Å². The average molecular weight is 658 g/mol. The zero-order valence-corrected chi connectivity index (χ0v) is 26.8. The Labute approximate surface area is 280 Å². The lowest BCUT2D eigenvalue weighted by molar-refractivity contribution is -0.190. The summed E-state index contributed by atoms with van der Waals surface area (Å²) in [4.78, 5) is 45.7. The van der Waals surface area contributed by atoms with E-state index in [9.17, 15) is 9.59 Å². The van der Waals surface area contributed by atoms with Crippen LogP contribution in [0.25, 0.3) is 44.1 Å². The number of H-pyrrole nitrogens is 2. The third-order valence-electron chi connectivity index (χ3n) is 10.9. The summed E-state index contributed by atoms with van der Waals surface area (Å²) in [5, 5.41) is 26.6. The molecule has 0 radical (unpaired) electrons. The number of ketones is 1. The molecule has 6 aromatic heterocycles. The van der Waals surface area contributed by atoms with Gasteiger partial charge in [-0.05, 0) is 56.1 Å². The van der Waals surface area contributed by atoms with Gasteiger partial charge in [-0.3, -0.25) is 9.59 Å². The van der Waals surface area contributed by atoms with Gasteiger partial charge >= 0.3 is 5.97 Å². The number of nitrogens with one attached hydrogen (secondary N) is 2. The minimum Gasteiger partial charge on any atom is -0.481 e. The molecular weight excluding hydrogens is 622 g/mol. The molecule has 5 N–H and O–H groups in total.